The molecule has 126 valence electrons. The molecule has 2 aliphatic carbocycles. The van der Waals surface area contributed by atoms with E-state index in [0.717, 1.165) is 11.8 Å². The summed E-state index contributed by atoms with van der Waals surface area (Å²) >= 11 is 0. The van der Waals surface area contributed by atoms with Crippen molar-refractivity contribution < 1.29 is 0 Å². The molecule has 0 radical (unpaired) electrons. The largest absolute Gasteiger partial charge is 0.310 e. The van der Waals surface area contributed by atoms with E-state index >= 15 is 0 Å². The highest BCUT2D eigenvalue weighted by Crippen LogP contribution is 2.41. The molecule has 1 saturated heterocycles. The van der Waals surface area contributed by atoms with E-state index in [1.165, 1.54) is 83.6 Å². The predicted molar refractivity (Wildman–Crippen MR) is 98.1 cm³/mol. The molecule has 0 bridgehead atoms. The van der Waals surface area contributed by atoms with Gasteiger partial charge in [-0.2, -0.15) is 0 Å². The van der Waals surface area contributed by atoms with Crippen molar-refractivity contribution in [1.82, 2.24) is 5.32 Å². The van der Waals surface area contributed by atoms with Crippen LogP contribution < -0.4 is 5.32 Å². The molecule has 1 atom stereocenters. The molecule has 1 aromatic rings. The summed E-state index contributed by atoms with van der Waals surface area (Å²) in [5.41, 5.74) is 5.02. The number of rotatable bonds is 3. The first kappa shape index (κ1) is 15.7. The third-order valence-electron chi connectivity index (χ3n) is 6.67. The minimum absolute atomic E-state index is 0.635. The van der Waals surface area contributed by atoms with Crippen molar-refractivity contribution in [2.75, 3.05) is 6.54 Å². The molecule has 2 saturated carbocycles. The van der Waals surface area contributed by atoms with Gasteiger partial charge in [0.1, 0.15) is 0 Å². The first-order valence-electron chi connectivity index (χ1n) is 10.3. The average Bonchev–Trinajstić information content (AvgIpc) is 3.17. The molecule has 1 heterocycles. The van der Waals surface area contributed by atoms with Gasteiger partial charge in [0.15, 0.2) is 0 Å². The molecule has 0 amide bonds. The van der Waals surface area contributed by atoms with Gasteiger partial charge in [-0.05, 0) is 73.6 Å². The van der Waals surface area contributed by atoms with Crippen molar-refractivity contribution in [2.45, 2.75) is 94.9 Å². The SMILES string of the molecule is c1cc(C2CCCCC2)c(C2CCCN2)cc1C1CCCCC1. The molecule has 0 spiro atoms. The fourth-order valence-corrected chi connectivity index (χ4v) is 5.32. The van der Waals surface area contributed by atoms with E-state index in [9.17, 15) is 0 Å². The van der Waals surface area contributed by atoms with Gasteiger partial charge in [0.2, 0.25) is 0 Å². The van der Waals surface area contributed by atoms with E-state index in [0.29, 0.717) is 6.04 Å². The maximum absolute atomic E-state index is 3.78. The molecular weight excluding hydrogens is 278 g/mol. The van der Waals surface area contributed by atoms with Crippen LogP contribution in [0.25, 0.3) is 0 Å². The minimum atomic E-state index is 0.635. The second kappa shape index (κ2) is 7.38. The Morgan fingerprint density at radius 3 is 2.00 bits per heavy atom. The van der Waals surface area contributed by atoms with E-state index in [-0.39, 0.29) is 0 Å². The summed E-state index contributed by atoms with van der Waals surface area (Å²) < 4.78 is 0. The van der Waals surface area contributed by atoms with Gasteiger partial charge in [-0.1, -0.05) is 56.7 Å². The van der Waals surface area contributed by atoms with Gasteiger partial charge in [0, 0.05) is 6.04 Å². The van der Waals surface area contributed by atoms with E-state index in [2.05, 4.69) is 23.5 Å². The van der Waals surface area contributed by atoms with Crippen LogP contribution in [-0.4, -0.2) is 6.54 Å². The van der Waals surface area contributed by atoms with Crippen LogP contribution in [-0.2, 0) is 0 Å². The third-order valence-corrected chi connectivity index (χ3v) is 6.67. The Labute approximate surface area is 142 Å². The van der Waals surface area contributed by atoms with Gasteiger partial charge in [0.25, 0.3) is 0 Å². The zero-order valence-electron chi connectivity index (χ0n) is 14.7. The van der Waals surface area contributed by atoms with Crippen LogP contribution in [0.3, 0.4) is 0 Å². The zero-order valence-corrected chi connectivity index (χ0v) is 14.7. The Morgan fingerprint density at radius 1 is 0.652 bits per heavy atom. The highest BCUT2D eigenvalue weighted by atomic mass is 14.9. The molecule has 1 unspecified atom stereocenters. The molecule has 0 aromatic heterocycles. The quantitative estimate of drug-likeness (QED) is 0.700. The van der Waals surface area contributed by atoms with Gasteiger partial charge in [-0.3, -0.25) is 0 Å². The van der Waals surface area contributed by atoms with Crippen LogP contribution in [0.5, 0.6) is 0 Å². The van der Waals surface area contributed by atoms with Crippen LogP contribution in [0.4, 0.5) is 0 Å². The molecule has 3 aliphatic rings. The number of hydrogen-bond donors (Lipinski definition) is 1. The Balaban J connectivity index is 1.64. The molecule has 4 rings (SSSR count). The Bertz CT molecular complexity index is 503. The molecule has 1 nitrogen and oxygen atoms in total. The van der Waals surface area contributed by atoms with Crippen molar-refractivity contribution in [1.29, 1.82) is 0 Å². The van der Waals surface area contributed by atoms with E-state index in [1.807, 2.05) is 0 Å². The topological polar surface area (TPSA) is 12.0 Å². The van der Waals surface area contributed by atoms with Gasteiger partial charge in [-0.25, -0.2) is 0 Å². The van der Waals surface area contributed by atoms with Crippen molar-refractivity contribution in [2.24, 2.45) is 0 Å². The summed E-state index contributed by atoms with van der Waals surface area (Å²) in [6.45, 7) is 1.21. The molecule has 1 N–H and O–H groups in total. The first-order valence-corrected chi connectivity index (χ1v) is 10.3. The highest BCUT2D eigenvalue weighted by Gasteiger charge is 2.26. The Morgan fingerprint density at radius 2 is 1.35 bits per heavy atom. The van der Waals surface area contributed by atoms with E-state index in [1.54, 1.807) is 16.7 Å². The lowest BCUT2D eigenvalue weighted by Crippen LogP contribution is -2.18. The van der Waals surface area contributed by atoms with Crippen molar-refractivity contribution in [3.05, 3.63) is 34.9 Å². The van der Waals surface area contributed by atoms with Crippen molar-refractivity contribution in [3.8, 4) is 0 Å². The fourth-order valence-electron chi connectivity index (χ4n) is 5.32. The Kier molecular flexibility index (Phi) is 5.04. The van der Waals surface area contributed by atoms with Gasteiger partial charge >= 0.3 is 0 Å². The summed E-state index contributed by atoms with van der Waals surface area (Å²) in [4.78, 5) is 0. The number of benzene rings is 1. The van der Waals surface area contributed by atoms with Gasteiger partial charge in [-0.15, -0.1) is 0 Å². The molecule has 1 aromatic carbocycles. The zero-order chi connectivity index (χ0) is 15.5. The summed E-state index contributed by atoms with van der Waals surface area (Å²) in [7, 11) is 0. The standard InChI is InChI=1S/C22H33N/c1-3-8-17(9-4-1)19-13-14-20(18-10-5-2-6-11-18)21(16-19)22-12-7-15-23-22/h13-14,16-18,22-23H,1-12,15H2. The van der Waals surface area contributed by atoms with Gasteiger partial charge in [0.05, 0.1) is 0 Å². The van der Waals surface area contributed by atoms with Gasteiger partial charge < -0.3 is 5.32 Å². The predicted octanol–water partition coefficient (Wildman–Crippen LogP) is 6.21. The lowest BCUT2D eigenvalue weighted by Gasteiger charge is -2.29. The van der Waals surface area contributed by atoms with Crippen LogP contribution in [0, 0.1) is 0 Å². The third kappa shape index (κ3) is 3.50. The average molecular weight is 312 g/mol. The summed E-state index contributed by atoms with van der Waals surface area (Å²) in [6, 6.07) is 8.30. The Hall–Kier alpha value is -0.820. The fraction of sp³-hybridized carbons (Fsp3) is 0.727. The van der Waals surface area contributed by atoms with Crippen molar-refractivity contribution >= 4 is 0 Å². The smallest absolute Gasteiger partial charge is 0.0323 e. The summed E-state index contributed by atoms with van der Waals surface area (Å²) in [5, 5.41) is 3.78. The maximum Gasteiger partial charge on any atom is 0.0323 e. The van der Waals surface area contributed by atoms with Crippen LogP contribution in [0.15, 0.2) is 18.2 Å². The lowest BCUT2D eigenvalue weighted by molar-refractivity contribution is 0.434. The second-order valence-electron chi connectivity index (χ2n) is 8.21. The van der Waals surface area contributed by atoms with Crippen molar-refractivity contribution in [3.63, 3.8) is 0 Å². The summed E-state index contributed by atoms with van der Waals surface area (Å²) in [6.07, 6.45) is 17.0. The van der Waals surface area contributed by atoms with E-state index < -0.39 is 0 Å². The van der Waals surface area contributed by atoms with Crippen LogP contribution in [0.2, 0.25) is 0 Å². The second-order valence-corrected chi connectivity index (χ2v) is 8.21. The molecular formula is C22H33N. The maximum atomic E-state index is 3.78. The molecule has 23 heavy (non-hydrogen) atoms. The molecule has 3 fully saturated rings. The van der Waals surface area contributed by atoms with Crippen LogP contribution >= 0.6 is 0 Å². The van der Waals surface area contributed by atoms with Crippen LogP contribution in [0.1, 0.15) is 112 Å². The number of hydrogen-bond acceptors (Lipinski definition) is 1. The molecule has 1 aliphatic heterocycles. The molecule has 1 heteroatoms. The first-order chi connectivity index (χ1) is 11.4. The lowest BCUT2D eigenvalue weighted by atomic mass is 9.77. The highest BCUT2D eigenvalue weighted by molar-refractivity contribution is 5.39. The van der Waals surface area contributed by atoms with E-state index in [4.69, 9.17) is 0 Å². The normalized spacial score (nSPS) is 27.4. The monoisotopic (exact) mass is 311 g/mol. The minimum Gasteiger partial charge on any atom is -0.310 e. The number of nitrogens with one attached hydrogen (secondary N) is 1. The summed E-state index contributed by atoms with van der Waals surface area (Å²) in [5.74, 6) is 1.67.